The van der Waals surface area contributed by atoms with Crippen molar-refractivity contribution < 1.29 is 0 Å². The molecule has 0 spiro atoms. The smallest absolute Gasteiger partial charge is 0.0952 e. The van der Waals surface area contributed by atoms with Gasteiger partial charge in [-0.1, -0.05) is 13.8 Å². The molecule has 18 heavy (non-hydrogen) atoms. The maximum atomic E-state index is 6.20. The molecule has 96 valence electrons. The van der Waals surface area contributed by atoms with Crippen LogP contribution in [-0.2, 0) is 6.54 Å². The molecule has 0 fully saturated rings. The number of nitrogens with two attached hydrogens (primary N) is 1. The largest absolute Gasteiger partial charge is 0.327 e. The quantitative estimate of drug-likeness (QED) is 0.871. The average molecular weight is 245 g/mol. The van der Waals surface area contributed by atoms with Gasteiger partial charge >= 0.3 is 0 Å². The lowest BCUT2D eigenvalue weighted by Crippen LogP contribution is -2.17. The molecule has 2 rings (SSSR count). The highest BCUT2D eigenvalue weighted by atomic mass is 15.1. The fourth-order valence-corrected chi connectivity index (χ4v) is 1.99. The SMILES string of the molecule is CC(C)CC(N)c1cncn1Cc1cccnn1. The van der Waals surface area contributed by atoms with Gasteiger partial charge in [0.2, 0.25) is 0 Å². The third-order valence-corrected chi connectivity index (χ3v) is 2.81. The van der Waals surface area contributed by atoms with Crippen molar-refractivity contribution in [3.8, 4) is 0 Å². The highest BCUT2D eigenvalue weighted by Gasteiger charge is 2.13. The minimum atomic E-state index is 0.0178. The monoisotopic (exact) mass is 245 g/mol. The van der Waals surface area contributed by atoms with E-state index in [4.69, 9.17) is 5.73 Å². The zero-order valence-corrected chi connectivity index (χ0v) is 10.8. The van der Waals surface area contributed by atoms with Gasteiger partial charge in [0.05, 0.1) is 24.3 Å². The first-order valence-corrected chi connectivity index (χ1v) is 6.19. The first kappa shape index (κ1) is 12.7. The molecule has 2 N–H and O–H groups in total. The maximum Gasteiger partial charge on any atom is 0.0952 e. The predicted molar refractivity (Wildman–Crippen MR) is 69.7 cm³/mol. The number of nitrogens with zero attached hydrogens (tertiary/aromatic N) is 4. The van der Waals surface area contributed by atoms with Gasteiger partial charge in [-0.05, 0) is 24.5 Å². The van der Waals surface area contributed by atoms with Gasteiger partial charge in [-0.25, -0.2) is 4.98 Å². The van der Waals surface area contributed by atoms with E-state index in [9.17, 15) is 0 Å². The van der Waals surface area contributed by atoms with E-state index >= 15 is 0 Å². The number of rotatable bonds is 5. The van der Waals surface area contributed by atoms with E-state index in [1.807, 2.05) is 22.9 Å². The van der Waals surface area contributed by atoms with Crippen LogP contribution < -0.4 is 5.73 Å². The van der Waals surface area contributed by atoms with Gasteiger partial charge in [0.15, 0.2) is 0 Å². The Morgan fingerprint density at radius 1 is 1.39 bits per heavy atom. The molecule has 0 radical (unpaired) electrons. The Balaban J connectivity index is 2.13. The second-order valence-corrected chi connectivity index (χ2v) is 4.90. The standard InChI is InChI=1S/C13H19N5/c1-10(2)6-12(14)13-7-15-9-18(13)8-11-4-3-5-16-17-11/h3-5,7,9-10,12H,6,8,14H2,1-2H3. The lowest BCUT2D eigenvalue weighted by atomic mass is 10.0. The fraction of sp³-hybridized carbons (Fsp3) is 0.462. The molecule has 2 aromatic heterocycles. The van der Waals surface area contributed by atoms with Crippen LogP contribution in [0.3, 0.4) is 0 Å². The summed E-state index contributed by atoms with van der Waals surface area (Å²) in [4.78, 5) is 4.18. The van der Waals surface area contributed by atoms with Crippen LogP contribution >= 0.6 is 0 Å². The van der Waals surface area contributed by atoms with E-state index < -0.39 is 0 Å². The lowest BCUT2D eigenvalue weighted by Gasteiger charge is -2.16. The predicted octanol–water partition coefficient (Wildman–Crippen LogP) is 1.77. The van der Waals surface area contributed by atoms with Crippen molar-refractivity contribution in [3.05, 3.63) is 42.2 Å². The zero-order valence-electron chi connectivity index (χ0n) is 10.8. The maximum absolute atomic E-state index is 6.20. The third kappa shape index (κ3) is 3.13. The molecule has 0 aliphatic carbocycles. The van der Waals surface area contributed by atoms with Crippen molar-refractivity contribution in [2.75, 3.05) is 0 Å². The van der Waals surface area contributed by atoms with E-state index in [0.29, 0.717) is 12.5 Å². The molecular weight excluding hydrogens is 226 g/mol. The highest BCUT2D eigenvalue weighted by molar-refractivity contribution is 5.08. The Kier molecular flexibility index (Phi) is 4.04. The lowest BCUT2D eigenvalue weighted by molar-refractivity contribution is 0.487. The van der Waals surface area contributed by atoms with Crippen molar-refractivity contribution in [1.82, 2.24) is 19.7 Å². The molecule has 0 aliphatic heterocycles. The van der Waals surface area contributed by atoms with Crippen molar-refractivity contribution in [1.29, 1.82) is 0 Å². The summed E-state index contributed by atoms with van der Waals surface area (Å²) in [6, 6.07) is 3.85. The molecule has 0 aromatic carbocycles. The minimum Gasteiger partial charge on any atom is -0.327 e. The van der Waals surface area contributed by atoms with E-state index in [1.165, 1.54) is 0 Å². The number of hydrogen-bond acceptors (Lipinski definition) is 4. The third-order valence-electron chi connectivity index (χ3n) is 2.81. The first-order chi connectivity index (χ1) is 8.66. The molecule has 5 nitrogen and oxygen atoms in total. The number of aromatic nitrogens is 4. The molecule has 0 amide bonds. The Morgan fingerprint density at radius 2 is 2.22 bits per heavy atom. The van der Waals surface area contributed by atoms with Gasteiger partial charge < -0.3 is 10.3 Å². The molecule has 2 heterocycles. The topological polar surface area (TPSA) is 69.6 Å². The second kappa shape index (κ2) is 5.73. The van der Waals surface area contributed by atoms with E-state index in [-0.39, 0.29) is 6.04 Å². The summed E-state index contributed by atoms with van der Waals surface area (Å²) in [7, 11) is 0. The Labute approximate surface area is 107 Å². The van der Waals surface area contributed by atoms with Crippen LogP contribution in [-0.4, -0.2) is 19.7 Å². The van der Waals surface area contributed by atoms with Gasteiger partial charge in [0.1, 0.15) is 0 Å². The zero-order chi connectivity index (χ0) is 13.0. The van der Waals surface area contributed by atoms with Crippen molar-refractivity contribution in [2.24, 2.45) is 11.7 Å². The summed E-state index contributed by atoms with van der Waals surface area (Å²) in [5.41, 5.74) is 8.16. The van der Waals surface area contributed by atoms with E-state index in [1.54, 1.807) is 12.5 Å². The van der Waals surface area contributed by atoms with Gasteiger partial charge in [-0.3, -0.25) is 0 Å². The van der Waals surface area contributed by atoms with Gasteiger partial charge in [0.25, 0.3) is 0 Å². The van der Waals surface area contributed by atoms with Crippen LogP contribution in [0.4, 0.5) is 0 Å². The van der Waals surface area contributed by atoms with Gasteiger partial charge in [0, 0.05) is 18.4 Å². The van der Waals surface area contributed by atoms with Crippen LogP contribution in [0.5, 0.6) is 0 Å². The second-order valence-electron chi connectivity index (χ2n) is 4.90. The summed E-state index contributed by atoms with van der Waals surface area (Å²) in [5, 5.41) is 7.95. The summed E-state index contributed by atoms with van der Waals surface area (Å²) in [6.45, 7) is 5.00. The molecule has 1 unspecified atom stereocenters. The summed E-state index contributed by atoms with van der Waals surface area (Å²) in [5.74, 6) is 0.569. The molecule has 0 saturated carbocycles. The fourth-order valence-electron chi connectivity index (χ4n) is 1.99. The van der Waals surface area contributed by atoms with Crippen LogP contribution in [0, 0.1) is 5.92 Å². The molecule has 0 aliphatic rings. The van der Waals surface area contributed by atoms with Crippen LogP contribution in [0.1, 0.15) is 37.7 Å². The van der Waals surface area contributed by atoms with Gasteiger partial charge in [-0.2, -0.15) is 10.2 Å². The van der Waals surface area contributed by atoms with Crippen LogP contribution in [0.25, 0.3) is 0 Å². The molecule has 0 bridgehead atoms. The van der Waals surface area contributed by atoms with E-state index in [0.717, 1.165) is 17.8 Å². The van der Waals surface area contributed by atoms with Crippen molar-refractivity contribution in [3.63, 3.8) is 0 Å². The van der Waals surface area contributed by atoms with Crippen molar-refractivity contribution >= 4 is 0 Å². The summed E-state index contributed by atoms with van der Waals surface area (Å²) >= 11 is 0. The Bertz CT molecular complexity index is 477. The molecule has 2 aromatic rings. The summed E-state index contributed by atoms with van der Waals surface area (Å²) < 4.78 is 2.04. The first-order valence-electron chi connectivity index (χ1n) is 6.19. The molecule has 1 atom stereocenters. The number of imidazole rings is 1. The van der Waals surface area contributed by atoms with E-state index in [2.05, 4.69) is 29.0 Å². The molecule has 5 heteroatoms. The highest BCUT2D eigenvalue weighted by Crippen LogP contribution is 2.18. The van der Waals surface area contributed by atoms with Crippen LogP contribution in [0.15, 0.2) is 30.9 Å². The average Bonchev–Trinajstić information content (AvgIpc) is 2.77. The van der Waals surface area contributed by atoms with Crippen molar-refractivity contribution in [2.45, 2.75) is 32.9 Å². The molecular formula is C13H19N5. The Morgan fingerprint density at radius 3 is 2.89 bits per heavy atom. The van der Waals surface area contributed by atoms with Gasteiger partial charge in [-0.15, -0.1) is 0 Å². The number of hydrogen-bond donors (Lipinski definition) is 1. The normalized spacial score (nSPS) is 12.9. The summed E-state index contributed by atoms with van der Waals surface area (Å²) in [6.07, 6.45) is 6.25. The Hall–Kier alpha value is -1.75. The van der Waals surface area contributed by atoms with Crippen LogP contribution in [0.2, 0.25) is 0 Å². The molecule has 0 saturated heterocycles. The minimum absolute atomic E-state index is 0.0178.